The molecule has 3 N–H and O–H groups in total. The Balaban J connectivity index is 2.70. The standard InChI is InChI=1S/C13H19N3O3S2/c1-3-16(2)12(17)8-15-21(18,19)9-10-5-4-6-11(7-10)13(14)20/h4-7,15H,3,8-9H2,1-2H3,(H2,14,20). The summed E-state index contributed by atoms with van der Waals surface area (Å²) in [7, 11) is -1.98. The van der Waals surface area contributed by atoms with Crippen LogP contribution in [0.1, 0.15) is 18.1 Å². The SMILES string of the molecule is CCN(C)C(=O)CNS(=O)(=O)Cc1cccc(C(N)=S)c1. The van der Waals surface area contributed by atoms with Gasteiger partial charge in [-0.1, -0.05) is 30.4 Å². The second-order valence-corrected chi connectivity index (χ2v) is 6.80. The number of likely N-dealkylation sites (N-methyl/N-ethyl adjacent to an activating group) is 1. The van der Waals surface area contributed by atoms with E-state index >= 15 is 0 Å². The van der Waals surface area contributed by atoms with Crippen LogP contribution in [0.4, 0.5) is 0 Å². The van der Waals surface area contributed by atoms with Crippen LogP contribution in [0.5, 0.6) is 0 Å². The second kappa shape index (κ2) is 7.48. The van der Waals surface area contributed by atoms with Gasteiger partial charge in [-0.25, -0.2) is 13.1 Å². The molecule has 1 amide bonds. The van der Waals surface area contributed by atoms with Gasteiger partial charge in [-0.3, -0.25) is 4.79 Å². The fourth-order valence-electron chi connectivity index (χ4n) is 1.57. The van der Waals surface area contributed by atoms with Gasteiger partial charge in [0.15, 0.2) is 0 Å². The highest BCUT2D eigenvalue weighted by molar-refractivity contribution is 7.88. The first-order chi connectivity index (χ1) is 9.75. The Morgan fingerprint density at radius 1 is 1.43 bits per heavy atom. The summed E-state index contributed by atoms with van der Waals surface area (Å²) in [5, 5.41) is 0. The summed E-state index contributed by atoms with van der Waals surface area (Å²) in [5.41, 5.74) is 6.68. The first-order valence-corrected chi connectivity index (χ1v) is 8.41. The zero-order valence-corrected chi connectivity index (χ0v) is 13.6. The molecule has 0 saturated carbocycles. The maximum Gasteiger partial charge on any atom is 0.237 e. The largest absolute Gasteiger partial charge is 0.389 e. The molecule has 1 rings (SSSR count). The van der Waals surface area contributed by atoms with Crippen LogP contribution in [0.2, 0.25) is 0 Å². The molecule has 6 nitrogen and oxygen atoms in total. The number of carbonyl (C=O) groups is 1. The number of nitrogens with zero attached hydrogens (tertiary/aromatic N) is 1. The Morgan fingerprint density at radius 2 is 2.10 bits per heavy atom. The number of nitrogens with one attached hydrogen (secondary N) is 1. The summed E-state index contributed by atoms with van der Waals surface area (Å²) in [4.78, 5) is 13.2. The van der Waals surface area contributed by atoms with Crippen molar-refractivity contribution in [3.05, 3.63) is 35.4 Å². The van der Waals surface area contributed by atoms with Gasteiger partial charge < -0.3 is 10.6 Å². The molecule has 0 radical (unpaired) electrons. The monoisotopic (exact) mass is 329 g/mol. The fraction of sp³-hybridized carbons (Fsp3) is 0.385. The van der Waals surface area contributed by atoms with Crippen molar-refractivity contribution < 1.29 is 13.2 Å². The molecule has 0 aromatic heterocycles. The molecule has 0 bridgehead atoms. The van der Waals surface area contributed by atoms with Gasteiger partial charge in [0.25, 0.3) is 0 Å². The quantitative estimate of drug-likeness (QED) is 0.698. The third-order valence-corrected chi connectivity index (χ3v) is 4.44. The zero-order chi connectivity index (χ0) is 16.0. The van der Waals surface area contributed by atoms with Crippen molar-refractivity contribution in [3.8, 4) is 0 Å². The van der Waals surface area contributed by atoms with E-state index in [9.17, 15) is 13.2 Å². The van der Waals surface area contributed by atoms with E-state index in [4.69, 9.17) is 18.0 Å². The molecule has 1 aromatic carbocycles. The number of sulfonamides is 1. The van der Waals surface area contributed by atoms with Crippen molar-refractivity contribution in [2.45, 2.75) is 12.7 Å². The van der Waals surface area contributed by atoms with Gasteiger partial charge in [-0.2, -0.15) is 0 Å². The summed E-state index contributed by atoms with van der Waals surface area (Å²) in [6.07, 6.45) is 0. The molecule has 8 heteroatoms. The fourth-order valence-corrected chi connectivity index (χ4v) is 2.76. The normalized spacial score (nSPS) is 11.1. The third-order valence-electron chi connectivity index (χ3n) is 2.91. The van der Waals surface area contributed by atoms with Gasteiger partial charge in [-0.05, 0) is 18.6 Å². The molecule has 21 heavy (non-hydrogen) atoms. The average Bonchev–Trinajstić information content (AvgIpc) is 2.43. The number of nitrogens with two attached hydrogens (primary N) is 1. The molecule has 0 unspecified atom stereocenters. The van der Waals surface area contributed by atoms with Gasteiger partial charge in [0.2, 0.25) is 15.9 Å². The van der Waals surface area contributed by atoms with E-state index in [2.05, 4.69) is 4.72 Å². The molecule has 0 spiro atoms. The van der Waals surface area contributed by atoms with Crippen LogP contribution >= 0.6 is 12.2 Å². The van der Waals surface area contributed by atoms with E-state index in [1.807, 2.05) is 6.92 Å². The highest BCUT2D eigenvalue weighted by Gasteiger charge is 2.15. The van der Waals surface area contributed by atoms with E-state index in [1.165, 1.54) is 4.90 Å². The van der Waals surface area contributed by atoms with Crippen LogP contribution in [0.25, 0.3) is 0 Å². The first-order valence-electron chi connectivity index (χ1n) is 6.35. The van der Waals surface area contributed by atoms with Crippen LogP contribution in [0.3, 0.4) is 0 Å². The van der Waals surface area contributed by atoms with Gasteiger partial charge in [0.1, 0.15) is 4.99 Å². The lowest BCUT2D eigenvalue weighted by Crippen LogP contribution is -2.38. The van der Waals surface area contributed by atoms with E-state index in [0.717, 1.165) is 0 Å². The first kappa shape index (κ1) is 17.5. The summed E-state index contributed by atoms with van der Waals surface area (Å²) < 4.78 is 26.2. The lowest BCUT2D eigenvalue weighted by Gasteiger charge is -2.15. The van der Waals surface area contributed by atoms with E-state index in [0.29, 0.717) is 17.7 Å². The minimum atomic E-state index is -3.60. The Kier molecular flexibility index (Phi) is 6.25. The van der Waals surface area contributed by atoms with Gasteiger partial charge in [-0.15, -0.1) is 0 Å². The second-order valence-electron chi connectivity index (χ2n) is 4.55. The Bertz CT molecular complexity index is 629. The molecule has 0 atom stereocenters. The summed E-state index contributed by atoms with van der Waals surface area (Å²) in [6, 6.07) is 6.70. The maximum absolute atomic E-state index is 12.0. The number of hydrogen-bond acceptors (Lipinski definition) is 4. The van der Waals surface area contributed by atoms with Gasteiger partial charge in [0, 0.05) is 19.2 Å². The number of thiocarbonyl (C=S) groups is 1. The number of rotatable bonds is 7. The van der Waals surface area contributed by atoms with Crippen molar-refractivity contribution in [3.63, 3.8) is 0 Å². The molecule has 0 aliphatic heterocycles. The molecule has 116 valence electrons. The number of benzene rings is 1. The molecular formula is C13H19N3O3S2. The highest BCUT2D eigenvalue weighted by atomic mass is 32.2. The van der Waals surface area contributed by atoms with Crippen molar-refractivity contribution in [2.75, 3.05) is 20.1 Å². The van der Waals surface area contributed by atoms with Gasteiger partial charge >= 0.3 is 0 Å². The van der Waals surface area contributed by atoms with Crippen LogP contribution in [0, 0.1) is 0 Å². The summed E-state index contributed by atoms with van der Waals surface area (Å²) in [6.45, 7) is 2.09. The zero-order valence-electron chi connectivity index (χ0n) is 12.0. The van der Waals surface area contributed by atoms with Crippen molar-refractivity contribution >= 4 is 33.1 Å². The Hall–Kier alpha value is -1.51. The Morgan fingerprint density at radius 3 is 2.67 bits per heavy atom. The van der Waals surface area contributed by atoms with Crippen molar-refractivity contribution in [1.29, 1.82) is 0 Å². The molecule has 0 aliphatic carbocycles. The third kappa shape index (κ3) is 5.78. The molecule has 0 heterocycles. The number of hydrogen-bond donors (Lipinski definition) is 2. The lowest BCUT2D eigenvalue weighted by atomic mass is 10.1. The Labute approximate surface area is 130 Å². The average molecular weight is 329 g/mol. The molecule has 0 fully saturated rings. The summed E-state index contributed by atoms with van der Waals surface area (Å²) in [5.74, 6) is -0.509. The number of carbonyl (C=O) groups excluding carboxylic acids is 1. The number of amides is 1. The maximum atomic E-state index is 12.0. The topological polar surface area (TPSA) is 92.5 Å². The molecule has 0 aliphatic rings. The van der Waals surface area contributed by atoms with E-state index in [1.54, 1.807) is 31.3 Å². The molecular weight excluding hydrogens is 310 g/mol. The summed E-state index contributed by atoms with van der Waals surface area (Å²) >= 11 is 4.85. The van der Waals surface area contributed by atoms with Crippen LogP contribution < -0.4 is 10.5 Å². The van der Waals surface area contributed by atoms with E-state index in [-0.39, 0.29) is 23.2 Å². The highest BCUT2D eigenvalue weighted by Crippen LogP contribution is 2.08. The van der Waals surface area contributed by atoms with Crippen LogP contribution in [-0.2, 0) is 20.6 Å². The predicted octanol–water partition coefficient (Wildman–Crippen LogP) is 0.219. The molecule has 1 aromatic rings. The van der Waals surface area contributed by atoms with Crippen molar-refractivity contribution in [2.24, 2.45) is 5.73 Å². The van der Waals surface area contributed by atoms with Crippen molar-refractivity contribution in [1.82, 2.24) is 9.62 Å². The minimum absolute atomic E-state index is 0.210. The smallest absolute Gasteiger partial charge is 0.237 e. The molecule has 0 saturated heterocycles. The van der Waals surface area contributed by atoms with Crippen LogP contribution in [-0.4, -0.2) is 44.4 Å². The van der Waals surface area contributed by atoms with Crippen LogP contribution in [0.15, 0.2) is 24.3 Å². The lowest BCUT2D eigenvalue weighted by molar-refractivity contribution is -0.128. The predicted molar refractivity (Wildman–Crippen MR) is 86.3 cm³/mol. The van der Waals surface area contributed by atoms with E-state index < -0.39 is 10.0 Å². The van der Waals surface area contributed by atoms with Gasteiger partial charge in [0.05, 0.1) is 12.3 Å². The minimum Gasteiger partial charge on any atom is -0.389 e.